The first kappa shape index (κ1) is 12.0. The molecule has 0 aliphatic rings. The molecule has 0 atom stereocenters. The van der Waals surface area contributed by atoms with Crippen LogP contribution in [0.15, 0.2) is 42.7 Å². The van der Waals surface area contributed by atoms with Gasteiger partial charge in [-0.05, 0) is 23.8 Å². The number of pyridine rings is 1. The molecule has 0 spiro atoms. The molecular formula is C12H10FN3O2. The summed E-state index contributed by atoms with van der Waals surface area (Å²) >= 11 is 0. The smallest absolute Gasteiger partial charge is 0.271 e. The fraction of sp³-hybridized carbons (Fsp3) is 0.0833. The molecule has 0 saturated carbocycles. The molecule has 1 heterocycles. The molecular weight excluding hydrogens is 237 g/mol. The second-order valence-electron chi connectivity index (χ2n) is 3.63. The number of anilines is 1. The summed E-state index contributed by atoms with van der Waals surface area (Å²) in [5, 5.41) is 13.4. The Morgan fingerprint density at radius 1 is 1.28 bits per heavy atom. The minimum Gasteiger partial charge on any atom is -0.378 e. The molecule has 1 N–H and O–H groups in total. The third-order valence-corrected chi connectivity index (χ3v) is 2.39. The number of hydrogen-bond donors (Lipinski definition) is 1. The molecule has 0 fully saturated rings. The highest BCUT2D eigenvalue weighted by Crippen LogP contribution is 2.21. The standard InChI is InChI=1S/C12H10FN3O2/c13-11-2-1-10(16(17)18)7-12(11)15-8-9-3-5-14-6-4-9/h1-7,15H,8H2. The number of benzene rings is 1. The van der Waals surface area contributed by atoms with Gasteiger partial charge in [0.2, 0.25) is 0 Å². The fourth-order valence-electron chi connectivity index (χ4n) is 1.46. The van der Waals surface area contributed by atoms with Gasteiger partial charge in [0.1, 0.15) is 5.82 Å². The summed E-state index contributed by atoms with van der Waals surface area (Å²) in [5.74, 6) is -0.519. The Morgan fingerprint density at radius 3 is 2.67 bits per heavy atom. The maximum absolute atomic E-state index is 13.4. The largest absolute Gasteiger partial charge is 0.378 e. The van der Waals surface area contributed by atoms with Crippen LogP contribution in [0, 0.1) is 15.9 Å². The number of halogens is 1. The van der Waals surface area contributed by atoms with Gasteiger partial charge < -0.3 is 5.32 Å². The van der Waals surface area contributed by atoms with Crippen molar-refractivity contribution >= 4 is 11.4 Å². The van der Waals surface area contributed by atoms with Crippen molar-refractivity contribution in [2.75, 3.05) is 5.32 Å². The number of nitro benzene ring substituents is 1. The number of non-ortho nitro benzene ring substituents is 1. The Hall–Kier alpha value is -2.50. The zero-order chi connectivity index (χ0) is 13.0. The first-order chi connectivity index (χ1) is 8.66. The van der Waals surface area contributed by atoms with E-state index in [0.717, 1.165) is 17.7 Å². The van der Waals surface area contributed by atoms with Gasteiger partial charge in [-0.3, -0.25) is 15.1 Å². The summed E-state index contributed by atoms with van der Waals surface area (Å²) in [6, 6.07) is 6.95. The number of hydrogen-bond acceptors (Lipinski definition) is 4. The molecule has 2 rings (SSSR count). The van der Waals surface area contributed by atoms with Gasteiger partial charge in [-0.15, -0.1) is 0 Å². The van der Waals surface area contributed by atoms with Crippen LogP contribution < -0.4 is 5.32 Å². The van der Waals surface area contributed by atoms with Crippen molar-refractivity contribution in [3.63, 3.8) is 0 Å². The van der Waals surface area contributed by atoms with E-state index in [-0.39, 0.29) is 11.4 Å². The average Bonchev–Trinajstić information content (AvgIpc) is 2.38. The molecule has 0 aliphatic carbocycles. The van der Waals surface area contributed by atoms with Gasteiger partial charge in [-0.25, -0.2) is 4.39 Å². The highest BCUT2D eigenvalue weighted by Gasteiger charge is 2.10. The van der Waals surface area contributed by atoms with Crippen LogP contribution in [0.5, 0.6) is 0 Å². The lowest BCUT2D eigenvalue weighted by Gasteiger charge is -2.07. The fourth-order valence-corrected chi connectivity index (χ4v) is 1.46. The van der Waals surface area contributed by atoms with Crippen LogP contribution in [0.3, 0.4) is 0 Å². The van der Waals surface area contributed by atoms with Crippen LogP contribution in [0.4, 0.5) is 15.8 Å². The number of nitro groups is 1. The van der Waals surface area contributed by atoms with Crippen LogP contribution in [-0.4, -0.2) is 9.91 Å². The van der Waals surface area contributed by atoms with E-state index in [9.17, 15) is 14.5 Å². The van der Waals surface area contributed by atoms with Gasteiger partial charge >= 0.3 is 0 Å². The summed E-state index contributed by atoms with van der Waals surface area (Å²) in [6.45, 7) is 0.376. The SMILES string of the molecule is O=[N+]([O-])c1ccc(F)c(NCc2ccncc2)c1. The third-order valence-electron chi connectivity index (χ3n) is 2.39. The lowest BCUT2D eigenvalue weighted by atomic mass is 10.2. The van der Waals surface area contributed by atoms with Crippen molar-refractivity contribution in [2.45, 2.75) is 6.54 Å². The molecule has 0 amide bonds. The van der Waals surface area contributed by atoms with Crippen molar-refractivity contribution < 1.29 is 9.31 Å². The quantitative estimate of drug-likeness (QED) is 0.666. The van der Waals surface area contributed by atoms with Crippen molar-refractivity contribution in [3.8, 4) is 0 Å². The molecule has 18 heavy (non-hydrogen) atoms. The maximum Gasteiger partial charge on any atom is 0.271 e. The first-order valence-corrected chi connectivity index (χ1v) is 5.23. The van der Waals surface area contributed by atoms with E-state index in [1.165, 1.54) is 6.07 Å². The normalized spacial score (nSPS) is 10.1. The molecule has 0 bridgehead atoms. The van der Waals surface area contributed by atoms with Crippen LogP contribution in [-0.2, 0) is 6.54 Å². The lowest BCUT2D eigenvalue weighted by molar-refractivity contribution is -0.384. The molecule has 92 valence electrons. The molecule has 6 heteroatoms. The molecule has 0 radical (unpaired) electrons. The van der Waals surface area contributed by atoms with E-state index in [0.29, 0.717) is 6.54 Å². The number of rotatable bonds is 4. The Morgan fingerprint density at radius 2 is 2.00 bits per heavy atom. The maximum atomic E-state index is 13.4. The van der Waals surface area contributed by atoms with E-state index in [1.807, 2.05) is 0 Å². The van der Waals surface area contributed by atoms with Gasteiger partial charge in [-0.1, -0.05) is 0 Å². The summed E-state index contributed by atoms with van der Waals surface area (Å²) in [7, 11) is 0. The van der Waals surface area contributed by atoms with Gasteiger partial charge in [0, 0.05) is 31.1 Å². The lowest BCUT2D eigenvalue weighted by Crippen LogP contribution is -2.02. The first-order valence-electron chi connectivity index (χ1n) is 5.23. The van der Waals surface area contributed by atoms with Crippen molar-refractivity contribution in [3.05, 3.63) is 64.2 Å². The minimum atomic E-state index is -0.558. The van der Waals surface area contributed by atoms with Crippen LogP contribution in [0.1, 0.15) is 5.56 Å². The molecule has 2 aromatic rings. The Bertz CT molecular complexity index is 561. The Balaban J connectivity index is 2.14. The van der Waals surface area contributed by atoms with E-state index in [1.54, 1.807) is 24.5 Å². The zero-order valence-electron chi connectivity index (χ0n) is 9.34. The molecule has 5 nitrogen and oxygen atoms in total. The average molecular weight is 247 g/mol. The summed E-state index contributed by atoms with van der Waals surface area (Å²) < 4.78 is 13.4. The van der Waals surface area contributed by atoms with Crippen molar-refractivity contribution in [1.82, 2.24) is 4.98 Å². The van der Waals surface area contributed by atoms with E-state index in [4.69, 9.17) is 0 Å². The van der Waals surface area contributed by atoms with Crippen molar-refractivity contribution in [2.24, 2.45) is 0 Å². The summed E-state index contributed by atoms with van der Waals surface area (Å²) in [6.07, 6.45) is 3.25. The predicted molar refractivity (Wildman–Crippen MR) is 64.6 cm³/mol. The third kappa shape index (κ3) is 2.79. The van der Waals surface area contributed by atoms with Gasteiger partial charge in [0.25, 0.3) is 5.69 Å². The second-order valence-corrected chi connectivity index (χ2v) is 3.63. The highest BCUT2D eigenvalue weighted by molar-refractivity contribution is 5.52. The summed E-state index contributed by atoms with van der Waals surface area (Å²) in [5.41, 5.74) is 0.880. The van der Waals surface area contributed by atoms with Gasteiger partial charge in [0.15, 0.2) is 0 Å². The zero-order valence-corrected chi connectivity index (χ0v) is 9.34. The molecule has 1 aromatic carbocycles. The van der Waals surface area contributed by atoms with E-state index in [2.05, 4.69) is 10.3 Å². The predicted octanol–water partition coefficient (Wildman–Crippen LogP) is 2.74. The van der Waals surface area contributed by atoms with E-state index >= 15 is 0 Å². The van der Waals surface area contributed by atoms with Gasteiger partial charge in [0.05, 0.1) is 10.6 Å². The van der Waals surface area contributed by atoms with Crippen LogP contribution >= 0.6 is 0 Å². The Labute approximate surface area is 102 Å². The molecule has 0 aliphatic heterocycles. The van der Waals surface area contributed by atoms with Crippen LogP contribution in [0.25, 0.3) is 0 Å². The monoisotopic (exact) mass is 247 g/mol. The van der Waals surface area contributed by atoms with Gasteiger partial charge in [-0.2, -0.15) is 0 Å². The highest BCUT2D eigenvalue weighted by atomic mass is 19.1. The second kappa shape index (κ2) is 5.22. The Kier molecular flexibility index (Phi) is 3.47. The number of nitrogens with zero attached hydrogens (tertiary/aromatic N) is 2. The molecule has 1 aromatic heterocycles. The number of nitrogens with one attached hydrogen (secondary N) is 1. The van der Waals surface area contributed by atoms with E-state index < -0.39 is 10.7 Å². The van der Waals surface area contributed by atoms with Crippen LogP contribution in [0.2, 0.25) is 0 Å². The topological polar surface area (TPSA) is 68.1 Å². The summed E-state index contributed by atoms with van der Waals surface area (Å²) in [4.78, 5) is 13.9. The van der Waals surface area contributed by atoms with Crippen molar-refractivity contribution in [1.29, 1.82) is 0 Å². The number of aromatic nitrogens is 1. The molecule has 0 saturated heterocycles. The minimum absolute atomic E-state index is 0.112. The molecule has 0 unspecified atom stereocenters.